The number of halogens is 1. The molecule has 1 aromatic carbocycles. The Morgan fingerprint density at radius 2 is 2.23 bits per heavy atom. The number of rotatable bonds is 6. The Hall–Kier alpha value is -1.91. The van der Waals surface area contributed by atoms with Crippen LogP contribution < -0.4 is 0 Å². The van der Waals surface area contributed by atoms with E-state index in [1.165, 1.54) is 12.1 Å². The molecule has 0 radical (unpaired) electrons. The Morgan fingerprint density at radius 1 is 1.45 bits per heavy atom. The van der Waals surface area contributed by atoms with Crippen LogP contribution >= 0.6 is 0 Å². The second-order valence-electron chi connectivity index (χ2n) is 6.12. The van der Waals surface area contributed by atoms with Gasteiger partial charge in [-0.15, -0.1) is 0 Å². The van der Waals surface area contributed by atoms with Gasteiger partial charge in [-0.3, -0.25) is 9.59 Å². The summed E-state index contributed by atoms with van der Waals surface area (Å²) >= 11 is 0. The fourth-order valence-corrected chi connectivity index (χ4v) is 3.13. The number of nitrogens with zero attached hydrogens (tertiary/aromatic N) is 1. The third-order valence-electron chi connectivity index (χ3n) is 4.10. The van der Waals surface area contributed by atoms with Crippen LogP contribution in [0.25, 0.3) is 0 Å². The quantitative estimate of drug-likeness (QED) is 0.879. The summed E-state index contributed by atoms with van der Waals surface area (Å²) in [6, 6.07) is 6.24. The van der Waals surface area contributed by atoms with Gasteiger partial charge in [-0.1, -0.05) is 19.1 Å². The summed E-state index contributed by atoms with van der Waals surface area (Å²) in [6.07, 6.45) is 2.65. The van der Waals surface area contributed by atoms with Crippen molar-refractivity contribution in [2.45, 2.75) is 45.1 Å². The summed E-state index contributed by atoms with van der Waals surface area (Å²) in [5.74, 6) is -1.03. The molecule has 1 aliphatic rings. The molecule has 4 nitrogen and oxygen atoms in total. The van der Waals surface area contributed by atoms with Gasteiger partial charge < -0.3 is 10.0 Å². The molecule has 1 aromatic rings. The number of benzene rings is 1. The van der Waals surface area contributed by atoms with Gasteiger partial charge in [0.1, 0.15) is 5.82 Å². The lowest BCUT2D eigenvalue weighted by atomic mass is 9.97. The monoisotopic (exact) mass is 307 g/mol. The van der Waals surface area contributed by atoms with Crippen molar-refractivity contribution in [3.63, 3.8) is 0 Å². The first-order valence-electron chi connectivity index (χ1n) is 7.71. The van der Waals surface area contributed by atoms with E-state index in [0.29, 0.717) is 19.4 Å². The van der Waals surface area contributed by atoms with Crippen LogP contribution in [0.4, 0.5) is 4.39 Å². The molecule has 0 spiro atoms. The summed E-state index contributed by atoms with van der Waals surface area (Å²) in [6.45, 7) is 2.61. The first kappa shape index (κ1) is 16.5. The Labute approximate surface area is 129 Å². The highest BCUT2D eigenvalue weighted by molar-refractivity contribution is 5.78. The number of hydrogen-bond donors (Lipinski definition) is 1. The van der Waals surface area contributed by atoms with E-state index < -0.39 is 5.97 Å². The lowest BCUT2D eigenvalue weighted by molar-refractivity contribution is -0.140. The van der Waals surface area contributed by atoms with E-state index in [-0.39, 0.29) is 30.1 Å². The van der Waals surface area contributed by atoms with Gasteiger partial charge in [-0.05, 0) is 42.9 Å². The Kier molecular flexibility index (Phi) is 5.52. The maximum Gasteiger partial charge on any atom is 0.305 e. The predicted molar refractivity (Wildman–Crippen MR) is 80.9 cm³/mol. The van der Waals surface area contributed by atoms with Crippen LogP contribution in [0.5, 0.6) is 0 Å². The highest BCUT2D eigenvalue weighted by Crippen LogP contribution is 2.23. The maximum absolute atomic E-state index is 13.2. The molecule has 120 valence electrons. The Bertz CT molecular complexity index is 546. The van der Waals surface area contributed by atoms with Gasteiger partial charge >= 0.3 is 5.97 Å². The number of carboxylic acid groups (broad SMARTS) is 1. The highest BCUT2D eigenvalue weighted by atomic mass is 19.1. The standard InChI is InChI=1S/C17H22FNO3/c1-12(8-13-4-2-5-14(18)10-13)9-16(20)19-7-3-6-15(19)11-17(21)22/h2,4-5,10,12,15H,3,6-9,11H2,1H3,(H,21,22). The summed E-state index contributed by atoms with van der Waals surface area (Å²) in [5, 5.41) is 8.90. The molecule has 2 atom stereocenters. The first-order valence-corrected chi connectivity index (χ1v) is 7.71. The van der Waals surface area contributed by atoms with Crippen molar-refractivity contribution in [3.05, 3.63) is 35.6 Å². The molecule has 22 heavy (non-hydrogen) atoms. The third kappa shape index (κ3) is 4.55. The van der Waals surface area contributed by atoms with Gasteiger partial charge in [0, 0.05) is 19.0 Å². The Balaban J connectivity index is 1.89. The molecule has 1 saturated heterocycles. The molecule has 1 aliphatic heterocycles. The molecular formula is C17H22FNO3. The maximum atomic E-state index is 13.2. The van der Waals surface area contributed by atoms with E-state index in [9.17, 15) is 14.0 Å². The smallest absolute Gasteiger partial charge is 0.305 e. The van der Waals surface area contributed by atoms with Crippen molar-refractivity contribution in [1.82, 2.24) is 4.90 Å². The summed E-state index contributed by atoms with van der Waals surface area (Å²) in [5.41, 5.74) is 0.879. The molecule has 0 bridgehead atoms. The zero-order valence-corrected chi connectivity index (χ0v) is 12.8. The molecule has 5 heteroatoms. The average Bonchev–Trinajstić information content (AvgIpc) is 2.85. The predicted octanol–water partition coefficient (Wildman–Crippen LogP) is 2.86. The van der Waals surface area contributed by atoms with Gasteiger partial charge in [-0.25, -0.2) is 4.39 Å². The van der Waals surface area contributed by atoms with E-state index in [1.54, 1.807) is 11.0 Å². The molecule has 0 aliphatic carbocycles. The van der Waals surface area contributed by atoms with E-state index >= 15 is 0 Å². The van der Waals surface area contributed by atoms with Crippen LogP contribution in [-0.4, -0.2) is 34.5 Å². The summed E-state index contributed by atoms with van der Waals surface area (Å²) < 4.78 is 13.2. The van der Waals surface area contributed by atoms with Crippen LogP contribution in [0.1, 0.15) is 38.2 Å². The normalized spacial score (nSPS) is 19.2. The molecule has 1 fully saturated rings. The minimum Gasteiger partial charge on any atom is -0.481 e. The van der Waals surface area contributed by atoms with Crippen molar-refractivity contribution < 1.29 is 19.1 Å². The topological polar surface area (TPSA) is 57.6 Å². The van der Waals surface area contributed by atoms with E-state index in [0.717, 1.165) is 18.4 Å². The van der Waals surface area contributed by atoms with E-state index in [1.807, 2.05) is 13.0 Å². The van der Waals surface area contributed by atoms with Crippen molar-refractivity contribution in [2.24, 2.45) is 5.92 Å². The highest BCUT2D eigenvalue weighted by Gasteiger charge is 2.30. The molecule has 1 N–H and O–H groups in total. The van der Waals surface area contributed by atoms with Crippen molar-refractivity contribution in [2.75, 3.05) is 6.54 Å². The number of amides is 1. The van der Waals surface area contributed by atoms with Gasteiger partial charge in [0.2, 0.25) is 5.91 Å². The molecule has 0 aromatic heterocycles. The molecular weight excluding hydrogens is 285 g/mol. The first-order chi connectivity index (χ1) is 10.5. The number of carbonyl (C=O) groups is 2. The van der Waals surface area contributed by atoms with Gasteiger partial charge in [0.25, 0.3) is 0 Å². The van der Waals surface area contributed by atoms with Crippen LogP contribution in [0.2, 0.25) is 0 Å². The SMILES string of the molecule is CC(CC(=O)N1CCCC1CC(=O)O)Cc1cccc(F)c1. The Morgan fingerprint density at radius 3 is 2.91 bits per heavy atom. The van der Waals surface area contributed by atoms with Gasteiger partial charge in [-0.2, -0.15) is 0 Å². The lowest BCUT2D eigenvalue weighted by Crippen LogP contribution is -2.37. The average molecular weight is 307 g/mol. The minimum absolute atomic E-state index is 0.00709. The number of aliphatic carboxylic acids is 1. The number of likely N-dealkylation sites (tertiary alicyclic amines) is 1. The van der Waals surface area contributed by atoms with Crippen LogP contribution in [0, 0.1) is 11.7 Å². The zero-order valence-electron chi connectivity index (χ0n) is 12.8. The van der Waals surface area contributed by atoms with Crippen LogP contribution in [0.3, 0.4) is 0 Å². The van der Waals surface area contributed by atoms with Gasteiger partial charge in [0.05, 0.1) is 6.42 Å². The van der Waals surface area contributed by atoms with Crippen LogP contribution in [0.15, 0.2) is 24.3 Å². The molecule has 0 saturated carbocycles. The van der Waals surface area contributed by atoms with E-state index in [4.69, 9.17) is 5.11 Å². The largest absolute Gasteiger partial charge is 0.481 e. The molecule has 2 rings (SSSR count). The summed E-state index contributed by atoms with van der Waals surface area (Å²) in [4.78, 5) is 24.9. The zero-order chi connectivity index (χ0) is 16.1. The molecule has 2 unspecified atom stereocenters. The summed E-state index contributed by atoms with van der Waals surface area (Å²) in [7, 11) is 0. The fourth-order valence-electron chi connectivity index (χ4n) is 3.13. The molecule has 1 heterocycles. The lowest BCUT2D eigenvalue weighted by Gasteiger charge is -2.25. The number of carbonyl (C=O) groups excluding carboxylic acids is 1. The fraction of sp³-hybridized carbons (Fsp3) is 0.529. The third-order valence-corrected chi connectivity index (χ3v) is 4.10. The van der Waals surface area contributed by atoms with E-state index in [2.05, 4.69) is 0 Å². The number of carboxylic acids is 1. The minimum atomic E-state index is -0.863. The second kappa shape index (κ2) is 7.38. The number of hydrogen-bond acceptors (Lipinski definition) is 2. The van der Waals surface area contributed by atoms with Crippen molar-refractivity contribution in [1.29, 1.82) is 0 Å². The van der Waals surface area contributed by atoms with Gasteiger partial charge in [0.15, 0.2) is 0 Å². The van der Waals surface area contributed by atoms with Crippen molar-refractivity contribution in [3.8, 4) is 0 Å². The van der Waals surface area contributed by atoms with Crippen LogP contribution in [-0.2, 0) is 16.0 Å². The van der Waals surface area contributed by atoms with Crippen molar-refractivity contribution >= 4 is 11.9 Å². The molecule has 1 amide bonds. The second-order valence-corrected chi connectivity index (χ2v) is 6.12.